The van der Waals surface area contributed by atoms with Gasteiger partial charge in [-0.3, -0.25) is 0 Å². The van der Waals surface area contributed by atoms with Crippen molar-refractivity contribution >= 4 is 0 Å². The molecule has 1 saturated carbocycles. The molecule has 2 unspecified atom stereocenters. The number of aryl methyl sites for hydroxylation is 1. The first-order valence-corrected chi connectivity index (χ1v) is 6.70. The highest BCUT2D eigenvalue weighted by molar-refractivity contribution is 5.14. The summed E-state index contributed by atoms with van der Waals surface area (Å²) >= 11 is 0. The van der Waals surface area contributed by atoms with E-state index in [4.69, 9.17) is 4.74 Å². The van der Waals surface area contributed by atoms with Gasteiger partial charge in [-0.05, 0) is 44.2 Å². The monoisotopic (exact) mass is 233 g/mol. The molecule has 2 rings (SSSR count). The second-order valence-electron chi connectivity index (χ2n) is 4.85. The van der Waals surface area contributed by atoms with Crippen LogP contribution in [0.5, 0.6) is 0 Å². The Labute approximate surface area is 104 Å². The predicted octanol–water partition coefficient (Wildman–Crippen LogP) is 2.78. The Morgan fingerprint density at radius 3 is 2.82 bits per heavy atom. The van der Waals surface area contributed by atoms with Gasteiger partial charge >= 0.3 is 0 Å². The van der Waals surface area contributed by atoms with Gasteiger partial charge in [0.1, 0.15) is 0 Å². The van der Waals surface area contributed by atoms with Crippen LogP contribution < -0.4 is 5.32 Å². The van der Waals surface area contributed by atoms with Crippen molar-refractivity contribution in [2.75, 3.05) is 13.7 Å². The molecular formula is C15H23NO. The summed E-state index contributed by atoms with van der Waals surface area (Å²) in [5.74, 6) is 0. The van der Waals surface area contributed by atoms with Gasteiger partial charge in [-0.25, -0.2) is 0 Å². The zero-order valence-electron chi connectivity index (χ0n) is 10.7. The minimum Gasteiger partial charge on any atom is -0.380 e. The molecule has 0 heterocycles. The van der Waals surface area contributed by atoms with Crippen molar-refractivity contribution in [1.29, 1.82) is 0 Å². The Morgan fingerprint density at radius 2 is 2.06 bits per heavy atom. The summed E-state index contributed by atoms with van der Waals surface area (Å²) in [6.45, 7) is 1.10. The molecule has 0 amide bonds. The average Bonchev–Trinajstić information content (AvgIpc) is 2.83. The summed E-state index contributed by atoms with van der Waals surface area (Å²) in [7, 11) is 1.83. The first-order valence-electron chi connectivity index (χ1n) is 6.70. The lowest BCUT2D eigenvalue weighted by Gasteiger charge is -2.19. The third-order valence-corrected chi connectivity index (χ3v) is 3.65. The number of rotatable bonds is 6. The highest BCUT2D eigenvalue weighted by Gasteiger charge is 2.25. The summed E-state index contributed by atoms with van der Waals surface area (Å²) in [5, 5.41) is 3.63. The van der Waals surface area contributed by atoms with Crippen molar-refractivity contribution in [1.82, 2.24) is 5.32 Å². The zero-order chi connectivity index (χ0) is 11.9. The number of ether oxygens (including phenoxy) is 1. The number of hydrogen-bond acceptors (Lipinski definition) is 2. The van der Waals surface area contributed by atoms with Gasteiger partial charge in [0.25, 0.3) is 0 Å². The van der Waals surface area contributed by atoms with E-state index in [-0.39, 0.29) is 0 Å². The molecule has 94 valence electrons. The van der Waals surface area contributed by atoms with Gasteiger partial charge < -0.3 is 10.1 Å². The van der Waals surface area contributed by atoms with E-state index >= 15 is 0 Å². The molecule has 0 bridgehead atoms. The lowest BCUT2D eigenvalue weighted by atomic mass is 10.1. The third kappa shape index (κ3) is 3.83. The van der Waals surface area contributed by atoms with Crippen LogP contribution in [0.25, 0.3) is 0 Å². The molecule has 1 aliphatic rings. The number of benzene rings is 1. The van der Waals surface area contributed by atoms with E-state index in [0.717, 1.165) is 13.0 Å². The van der Waals surface area contributed by atoms with E-state index in [1.165, 1.54) is 31.2 Å². The maximum absolute atomic E-state index is 5.48. The number of nitrogens with one attached hydrogen (secondary N) is 1. The Kier molecular flexibility index (Phi) is 5.02. The molecule has 1 aromatic carbocycles. The molecule has 17 heavy (non-hydrogen) atoms. The molecule has 2 heteroatoms. The molecule has 1 aromatic rings. The van der Waals surface area contributed by atoms with Crippen LogP contribution in [0.1, 0.15) is 31.2 Å². The summed E-state index contributed by atoms with van der Waals surface area (Å²) < 4.78 is 5.48. The molecule has 0 aromatic heterocycles. The fourth-order valence-electron chi connectivity index (χ4n) is 2.67. The van der Waals surface area contributed by atoms with Gasteiger partial charge in [0.15, 0.2) is 0 Å². The van der Waals surface area contributed by atoms with Crippen molar-refractivity contribution in [2.24, 2.45) is 0 Å². The van der Waals surface area contributed by atoms with Gasteiger partial charge in [-0.15, -0.1) is 0 Å². The first-order chi connectivity index (χ1) is 8.40. The van der Waals surface area contributed by atoms with Gasteiger partial charge in [0.2, 0.25) is 0 Å². The summed E-state index contributed by atoms with van der Waals surface area (Å²) in [6.07, 6.45) is 6.59. The minimum atomic E-state index is 0.437. The van der Waals surface area contributed by atoms with Crippen molar-refractivity contribution in [3.63, 3.8) is 0 Å². The van der Waals surface area contributed by atoms with E-state index in [9.17, 15) is 0 Å². The topological polar surface area (TPSA) is 21.3 Å². The molecule has 0 spiro atoms. The Balaban J connectivity index is 1.63. The van der Waals surface area contributed by atoms with Crippen LogP contribution in [-0.4, -0.2) is 25.8 Å². The van der Waals surface area contributed by atoms with Crippen LogP contribution in [0.3, 0.4) is 0 Å². The van der Waals surface area contributed by atoms with E-state index in [1.807, 2.05) is 7.11 Å². The van der Waals surface area contributed by atoms with Crippen LogP contribution in [0, 0.1) is 0 Å². The second kappa shape index (κ2) is 6.77. The summed E-state index contributed by atoms with van der Waals surface area (Å²) in [4.78, 5) is 0. The molecule has 1 aliphatic carbocycles. The van der Waals surface area contributed by atoms with E-state index < -0.39 is 0 Å². The van der Waals surface area contributed by atoms with Crippen molar-refractivity contribution in [3.8, 4) is 0 Å². The Hall–Kier alpha value is -0.860. The standard InChI is InChI=1S/C15H23NO/c1-17-15-11-5-10-14(15)16-12-6-9-13-7-3-2-4-8-13/h2-4,7-8,14-16H,5-6,9-12H2,1H3. The maximum atomic E-state index is 5.48. The van der Waals surface area contributed by atoms with Crippen LogP contribution in [0.15, 0.2) is 30.3 Å². The van der Waals surface area contributed by atoms with Gasteiger partial charge in [0, 0.05) is 13.2 Å². The van der Waals surface area contributed by atoms with E-state index in [2.05, 4.69) is 35.6 Å². The molecule has 0 aliphatic heterocycles. The highest BCUT2D eigenvalue weighted by Crippen LogP contribution is 2.21. The molecule has 0 saturated heterocycles. The summed E-state index contributed by atoms with van der Waals surface area (Å²) in [6, 6.07) is 11.3. The third-order valence-electron chi connectivity index (χ3n) is 3.65. The molecule has 1 fully saturated rings. The number of methoxy groups -OCH3 is 1. The van der Waals surface area contributed by atoms with Crippen LogP contribution >= 0.6 is 0 Å². The quantitative estimate of drug-likeness (QED) is 0.763. The summed E-state index contributed by atoms with van der Waals surface area (Å²) in [5.41, 5.74) is 1.43. The minimum absolute atomic E-state index is 0.437. The molecular weight excluding hydrogens is 210 g/mol. The Morgan fingerprint density at radius 1 is 1.24 bits per heavy atom. The van der Waals surface area contributed by atoms with Crippen molar-refractivity contribution in [2.45, 2.75) is 44.2 Å². The fraction of sp³-hybridized carbons (Fsp3) is 0.600. The van der Waals surface area contributed by atoms with E-state index in [1.54, 1.807) is 0 Å². The zero-order valence-corrected chi connectivity index (χ0v) is 10.7. The van der Waals surface area contributed by atoms with E-state index in [0.29, 0.717) is 12.1 Å². The normalized spacial score (nSPS) is 24.1. The SMILES string of the molecule is COC1CCCC1NCCCc1ccccc1. The van der Waals surface area contributed by atoms with Crippen molar-refractivity contribution < 1.29 is 4.74 Å². The first kappa shape index (κ1) is 12.6. The van der Waals surface area contributed by atoms with Crippen LogP contribution in [0.4, 0.5) is 0 Å². The van der Waals surface area contributed by atoms with Gasteiger partial charge in [-0.1, -0.05) is 30.3 Å². The van der Waals surface area contributed by atoms with Gasteiger partial charge in [0.05, 0.1) is 6.10 Å². The lowest BCUT2D eigenvalue weighted by Crippen LogP contribution is -2.37. The highest BCUT2D eigenvalue weighted by atomic mass is 16.5. The van der Waals surface area contributed by atoms with Gasteiger partial charge in [-0.2, -0.15) is 0 Å². The average molecular weight is 233 g/mol. The molecule has 1 N–H and O–H groups in total. The molecule has 0 radical (unpaired) electrons. The largest absolute Gasteiger partial charge is 0.380 e. The Bertz CT molecular complexity index is 312. The second-order valence-corrected chi connectivity index (χ2v) is 4.85. The predicted molar refractivity (Wildman–Crippen MR) is 71.2 cm³/mol. The lowest BCUT2D eigenvalue weighted by molar-refractivity contribution is 0.0852. The van der Waals surface area contributed by atoms with Crippen LogP contribution in [0.2, 0.25) is 0 Å². The fourth-order valence-corrected chi connectivity index (χ4v) is 2.67. The van der Waals surface area contributed by atoms with Crippen LogP contribution in [-0.2, 0) is 11.2 Å². The molecule has 2 atom stereocenters. The maximum Gasteiger partial charge on any atom is 0.0724 e. The van der Waals surface area contributed by atoms with Crippen molar-refractivity contribution in [3.05, 3.63) is 35.9 Å². The smallest absolute Gasteiger partial charge is 0.0724 e. The molecule has 2 nitrogen and oxygen atoms in total. The number of hydrogen-bond donors (Lipinski definition) is 1.